The molecule has 8 heteroatoms. The van der Waals surface area contributed by atoms with E-state index in [0.717, 1.165) is 35.7 Å². The van der Waals surface area contributed by atoms with Gasteiger partial charge in [-0.05, 0) is 12.8 Å². The van der Waals surface area contributed by atoms with Gasteiger partial charge in [0.25, 0.3) is 5.91 Å². The van der Waals surface area contributed by atoms with Gasteiger partial charge < -0.3 is 10.6 Å². The summed E-state index contributed by atoms with van der Waals surface area (Å²) in [5.74, 6) is 0.557. The average molecular weight is 396 g/mol. The standard InChI is InChI=1S/C18H25N5OS.ClH/c24-18(17-13-10-19-8-6-14(13)22-23-17)20-9-7-16-21-15(11-25-16)12-4-2-1-3-5-12;/h11-12,19H,1-10H2,(H,20,24)(H,22,23);1H. The number of carbonyl (C=O) groups is 1. The van der Waals surface area contributed by atoms with Gasteiger partial charge in [0.15, 0.2) is 5.69 Å². The lowest BCUT2D eigenvalue weighted by Crippen LogP contribution is -2.29. The second-order valence-electron chi connectivity index (χ2n) is 6.96. The number of thiazole rings is 1. The molecule has 0 aromatic carbocycles. The first-order valence-corrected chi connectivity index (χ1v) is 10.2. The van der Waals surface area contributed by atoms with Gasteiger partial charge in [0, 0.05) is 55.0 Å². The lowest BCUT2D eigenvalue weighted by atomic mass is 9.87. The Kier molecular flexibility index (Phi) is 6.67. The summed E-state index contributed by atoms with van der Waals surface area (Å²) in [5, 5.41) is 16.8. The predicted molar refractivity (Wildman–Crippen MR) is 105 cm³/mol. The van der Waals surface area contributed by atoms with Gasteiger partial charge in [0.1, 0.15) is 0 Å². The van der Waals surface area contributed by atoms with Crippen LogP contribution in [0.1, 0.15) is 70.5 Å². The SMILES string of the molecule is Cl.O=C(NCCc1nc(C2CCCCC2)cs1)c1n[nH]c2c1CNCC2. The lowest BCUT2D eigenvalue weighted by Gasteiger charge is -2.19. The molecule has 0 radical (unpaired) electrons. The van der Waals surface area contributed by atoms with Gasteiger partial charge in [-0.15, -0.1) is 23.7 Å². The summed E-state index contributed by atoms with van der Waals surface area (Å²) in [7, 11) is 0. The van der Waals surface area contributed by atoms with Crippen LogP contribution in [0.25, 0.3) is 0 Å². The van der Waals surface area contributed by atoms with Gasteiger partial charge in [-0.25, -0.2) is 4.98 Å². The fourth-order valence-electron chi connectivity index (χ4n) is 3.81. The summed E-state index contributed by atoms with van der Waals surface area (Å²) in [6, 6.07) is 0. The molecule has 4 rings (SSSR count). The van der Waals surface area contributed by atoms with Crippen LogP contribution in [0.2, 0.25) is 0 Å². The van der Waals surface area contributed by atoms with Crippen LogP contribution >= 0.6 is 23.7 Å². The van der Waals surface area contributed by atoms with Crippen LogP contribution in [0.5, 0.6) is 0 Å². The molecule has 142 valence electrons. The molecule has 3 heterocycles. The van der Waals surface area contributed by atoms with Gasteiger partial charge in [0.05, 0.1) is 10.7 Å². The number of nitrogens with zero attached hydrogens (tertiary/aromatic N) is 2. The number of rotatable bonds is 5. The first-order chi connectivity index (χ1) is 12.3. The predicted octanol–water partition coefficient (Wildman–Crippen LogP) is 2.95. The molecule has 1 amide bonds. The molecule has 1 fully saturated rings. The highest BCUT2D eigenvalue weighted by Crippen LogP contribution is 2.33. The Labute approximate surface area is 164 Å². The van der Waals surface area contributed by atoms with E-state index in [-0.39, 0.29) is 18.3 Å². The molecule has 1 aliphatic carbocycles. The summed E-state index contributed by atoms with van der Waals surface area (Å²) in [6.45, 7) is 2.25. The monoisotopic (exact) mass is 395 g/mol. The van der Waals surface area contributed by atoms with Crippen LogP contribution in [-0.4, -0.2) is 34.2 Å². The zero-order chi connectivity index (χ0) is 17.1. The number of hydrogen-bond acceptors (Lipinski definition) is 5. The molecule has 1 saturated carbocycles. The van der Waals surface area contributed by atoms with Crippen LogP contribution < -0.4 is 10.6 Å². The molecule has 2 aromatic rings. The van der Waals surface area contributed by atoms with E-state index < -0.39 is 0 Å². The maximum Gasteiger partial charge on any atom is 0.272 e. The van der Waals surface area contributed by atoms with Crippen molar-refractivity contribution < 1.29 is 4.79 Å². The minimum atomic E-state index is -0.0924. The molecule has 0 bridgehead atoms. The highest BCUT2D eigenvalue weighted by molar-refractivity contribution is 7.09. The van der Waals surface area contributed by atoms with Crippen LogP contribution in [0.3, 0.4) is 0 Å². The van der Waals surface area contributed by atoms with Crippen molar-refractivity contribution in [1.82, 2.24) is 25.8 Å². The van der Waals surface area contributed by atoms with E-state index in [4.69, 9.17) is 4.98 Å². The number of halogens is 1. The highest BCUT2D eigenvalue weighted by Gasteiger charge is 2.21. The first-order valence-electron chi connectivity index (χ1n) is 9.30. The van der Waals surface area contributed by atoms with Crippen LogP contribution in [0.4, 0.5) is 0 Å². The molecule has 0 spiro atoms. The van der Waals surface area contributed by atoms with Crippen molar-refractivity contribution in [3.63, 3.8) is 0 Å². The normalized spacial score (nSPS) is 17.4. The molecular weight excluding hydrogens is 370 g/mol. The van der Waals surface area contributed by atoms with Crippen molar-refractivity contribution in [2.24, 2.45) is 0 Å². The molecular formula is C18H26ClN5OS. The highest BCUT2D eigenvalue weighted by atomic mass is 35.5. The minimum absolute atomic E-state index is 0. The Balaban J connectivity index is 0.00000196. The van der Waals surface area contributed by atoms with Crippen molar-refractivity contribution in [2.45, 2.75) is 57.4 Å². The number of carbonyl (C=O) groups excluding carboxylic acids is 1. The Morgan fingerprint density at radius 3 is 3.00 bits per heavy atom. The summed E-state index contributed by atoms with van der Waals surface area (Å²) < 4.78 is 0. The Hall–Kier alpha value is -1.44. The second kappa shape index (κ2) is 8.97. The molecule has 1 aliphatic heterocycles. The number of aromatic amines is 1. The maximum atomic E-state index is 12.4. The van der Waals surface area contributed by atoms with E-state index in [0.29, 0.717) is 24.7 Å². The fourth-order valence-corrected chi connectivity index (χ4v) is 4.69. The molecule has 0 saturated heterocycles. The van der Waals surface area contributed by atoms with Gasteiger partial charge in [0.2, 0.25) is 0 Å². The average Bonchev–Trinajstić information content (AvgIpc) is 3.29. The summed E-state index contributed by atoms with van der Waals surface area (Å²) in [5.41, 5.74) is 3.89. The smallest absolute Gasteiger partial charge is 0.272 e. The zero-order valence-corrected chi connectivity index (χ0v) is 16.5. The molecule has 0 unspecified atom stereocenters. The molecule has 2 aromatic heterocycles. The molecule has 6 nitrogen and oxygen atoms in total. The topological polar surface area (TPSA) is 82.7 Å². The van der Waals surface area contributed by atoms with E-state index in [2.05, 4.69) is 26.2 Å². The molecule has 3 N–H and O–H groups in total. The molecule has 2 aliphatic rings. The number of aromatic nitrogens is 3. The summed E-state index contributed by atoms with van der Waals surface area (Å²) >= 11 is 1.72. The number of nitrogens with one attached hydrogen (secondary N) is 3. The third-order valence-electron chi connectivity index (χ3n) is 5.24. The molecule has 0 atom stereocenters. The number of hydrogen-bond donors (Lipinski definition) is 3. The summed E-state index contributed by atoms with van der Waals surface area (Å²) in [6.07, 6.45) is 8.27. The largest absolute Gasteiger partial charge is 0.350 e. The van der Waals surface area contributed by atoms with Crippen molar-refractivity contribution >= 4 is 29.7 Å². The maximum absolute atomic E-state index is 12.4. The number of fused-ring (bicyclic) bond motifs is 1. The first kappa shape index (κ1) is 19.3. The van der Waals surface area contributed by atoms with E-state index in [1.807, 2.05) is 0 Å². The van der Waals surface area contributed by atoms with Crippen molar-refractivity contribution in [3.05, 3.63) is 33.0 Å². The number of amides is 1. The Bertz CT molecular complexity index is 738. The van der Waals surface area contributed by atoms with Gasteiger partial charge in [-0.1, -0.05) is 19.3 Å². The summed E-state index contributed by atoms with van der Waals surface area (Å²) in [4.78, 5) is 17.2. The fraction of sp³-hybridized carbons (Fsp3) is 0.611. The van der Waals surface area contributed by atoms with E-state index in [1.165, 1.54) is 37.8 Å². The van der Waals surface area contributed by atoms with E-state index in [9.17, 15) is 4.79 Å². The quantitative estimate of drug-likeness (QED) is 0.726. The van der Waals surface area contributed by atoms with Crippen LogP contribution in [0.15, 0.2) is 5.38 Å². The third-order valence-corrected chi connectivity index (χ3v) is 6.17. The zero-order valence-electron chi connectivity index (χ0n) is 14.8. The van der Waals surface area contributed by atoms with Crippen molar-refractivity contribution in [2.75, 3.05) is 13.1 Å². The van der Waals surface area contributed by atoms with E-state index >= 15 is 0 Å². The Morgan fingerprint density at radius 1 is 1.31 bits per heavy atom. The minimum Gasteiger partial charge on any atom is -0.350 e. The second-order valence-corrected chi connectivity index (χ2v) is 7.91. The number of H-pyrrole nitrogens is 1. The van der Waals surface area contributed by atoms with Crippen LogP contribution in [0, 0.1) is 0 Å². The lowest BCUT2D eigenvalue weighted by molar-refractivity contribution is 0.0948. The van der Waals surface area contributed by atoms with Gasteiger partial charge in [-0.2, -0.15) is 5.10 Å². The van der Waals surface area contributed by atoms with Gasteiger partial charge >= 0.3 is 0 Å². The van der Waals surface area contributed by atoms with Crippen molar-refractivity contribution in [1.29, 1.82) is 0 Å². The van der Waals surface area contributed by atoms with Gasteiger partial charge in [-0.3, -0.25) is 9.89 Å². The Morgan fingerprint density at radius 2 is 2.15 bits per heavy atom. The third kappa shape index (κ3) is 4.27. The molecule has 26 heavy (non-hydrogen) atoms. The van der Waals surface area contributed by atoms with E-state index in [1.54, 1.807) is 11.3 Å². The van der Waals surface area contributed by atoms with Crippen LogP contribution in [-0.2, 0) is 19.4 Å². The van der Waals surface area contributed by atoms with Crippen molar-refractivity contribution in [3.8, 4) is 0 Å².